The molecule has 1 saturated heterocycles. The fourth-order valence-corrected chi connectivity index (χ4v) is 2.14. The summed E-state index contributed by atoms with van der Waals surface area (Å²) in [6.45, 7) is 3.42. The summed E-state index contributed by atoms with van der Waals surface area (Å²) in [6.07, 6.45) is 1.23. The van der Waals surface area contributed by atoms with Crippen molar-refractivity contribution >= 4 is 12.6 Å². The maximum absolute atomic E-state index is 4.48. The Morgan fingerprint density at radius 3 is 2.69 bits per heavy atom. The summed E-state index contributed by atoms with van der Waals surface area (Å²) in [5, 5.41) is 0.587. The molecule has 1 fully saturated rings. The quantitative estimate of drug-likeness (QED) is 0.705. The third-order valence-electron chi connectivity index (χ3n) is 2.50. The molecule has 0 aliphatic carbocycles. The first kappa shape index (κ1) is 9.10. The molecule has 1 aliphatic heterocycles. The first-order valence-corrected chi connectivity index (χ1v) is 5.30. The van der Waals surface area contributed by atoms with Crippen LogP contribution >= 0.6 is 12.6 Å². The van der Waals surface area contributed by atoms with E-state index >= 15 is 0 Å². The molecule has 0 amide bonds. The maximum Gasteiger partial charge on any atom is 0.0234 e. The molecule has 0 N–H and O–H groups in total. The van der Waals surface area contributed by atoms with E-state index in [9.17, 15) is 0 Å². The van der Waals surface area contributed by atoms with E-state index in [1.807, 2.05) is 0 Å². The smallest absolute Gasteiger partial charge is 0.0234 e. The number of likely N-dealkylation sites (tertiary alicyclic amines) is 1. The van der Waals surface area contributed by atoms with Gasteiger partial charge in [0.2, 0.25) is 0 Å². The van der Waals surface area contributed by atoms with Gasteiger partial charge in [0.25, 0.3) is 0 Å². The molecule has 0 aromatic heterocycles. The van der Waals surface area contributed by atoms with Crippen molar-refractivity contribution in [3.05, 3.63) is 35.9 Å². The van der Waals surface area contributed by atoms with Gasteiger partial charge in [0.15, 0.2) is 0 Å². The SMILES string of the molecule is SC1CCN(Cc2ccccc2)C1. The van der Waals surface area contributed by atoms with Crippen LogP contribution in [0, 0.1) is 0 Å². The van der Waals surface area contributed by atoms with Gasteiger partial charge in [0, 0.05) is 18.3 Å². The third-order valence-corrected chi connectivity index (χ3v) is 2.92. The zero-order valence-corrected chi connectivity index (χ0v) is 8.58. The van der Waals surface area contributed by atoms with Crippen LogP contribution < -0.4 is 0 Å². The van der Waals surface area contributed by atoms with Gasteiger partial charge in [0.05, 0.1) is 0 Å². The van der Waals surface area contributed by atoms with Crippen LogP contribution in [0.2, 0.25) is 0 Å². The van der Waals surface area contributed by atoms with E-state index in [-0.39, 0.29) is 0 Å². The Hall–Kier alpha value is -0.470. The minimum atomic E-state index is 0.587. The molecule has 2 rings (SSSR count). The Morgan fingerprint density at radius 2 is 2.08 bits per heavy atom. The van der Waals surface area contributed by atoms with Crippen LogP contribution in [-0.4, -0.2) is 23.2 Å². The normalized spacial score (nSPS) is 23.6. The summed E-state index contributed by atoms with van der Waals surface area (Å²) in [6, 6.07) is 10.6. The predicted octanol–water partition coefficient (Wildman–Crippen LogP) is 2.19. The molecule has 0 bridgehead atoms. The standard InChI is InChI=1S/C11H15NS/c13-11-6-7-12(9-11)8-10-4-2-1-3-5-10/h1-5,11,13H,6-9H2. The molecule has 0 saturated carbocycles. The van der Waals surface area contributed by atoms with Crippen LogP contribution in [0.5, 0.6) is 0 Å². The van der Waals surface area contributed by atoms with Crippen LogP contribution in [0.4, 0.5) is 0 Å². The van der Waals surface area contributed by atoms with Crippen molar-refractivity contribution in [1.29, 1.82) is 0 Å². The van der Waals surface area contributed by atoms with Crippen molar-refractivity contribution in [3.63, 3.8) is 0 Å². The molecular formula is C11H15NS. The van der Waals surface area contributed by atoms with Gasteiger partial charge in [-0.1, -0.05) is 30.3 Å². The van der Waals surface area contributed by atoms with Crippen LogP contribution in [0.3, 0.4) is 0 Å². The molecule has 0 spiro atoms. The second-order valence-corrected chi connectivity index (χ2v) is 4.39. The predicted molar refractivity (Wildman–Crippen MR) is 59.1 cm³/mol. The minimum Gasteiger partial charge on any atom is -0.298 e. The lowest BCUT2D eigenvalue weighted by Gasteiger charge is -2.14. The molecular weight excluding hydrogens is 178 g/mol. The highest BCUT2D eigenvalue weighted by Crippen LogP contribution is 2.16. The van der Waals surface area contributed by atoms with Crippen LogP contribution in [0.15, 0.2) is 30.3 Å². The second-order valence-electron chi connectivity index (χ2n) is 3.66. The zero-order chi connectivity index (χ0) is 9.10. The van der Waals surface area contributed by atoms with E-state index in [0.717, 1.165) is 13.1 Å². The number of rotatable bonds is 2. The van der Waals surface area contributed by atoms with Crippen LogP contribution in [0.25, 0.3) is 0 Å². The summed E-state index contributed by atoms with van der Waals surface area (Å²) in [7, 11) is 0. The lowest BCUT2D eigenvalue weighted by Crippen LogP contribution is -2.20. The lowest BCUT2D eigenvalue weighted by atomic mass is 10.2. The minimum absolute atomic E-state index is 0.587. The monoisotopic (exact) mass is 193 g/mol. The van der Waals surface area contributed by atoms with E-state index < -0.39 is 0 Å². The Labute approximate surface area is 85.2 Å². The highest BCUT2D eigenvalue weighted by Gasteiger charge is 2.18. The number of hydrogen-bond acceptors (Lipinski definition) is 2. The Balaban J connectivity index is 1.92. The van der Waals surface area contributed by atoms with Gasteiger partial charge in [-0.15, -0.1) is 0 Å². The summed E-state index contributed by atoms with van der Waals surface area (Å²) in [5.41, 5.74) is 1.41. The fraction of sp³-hybridized carbons (Fsp3) is 0.455. The van der Waals surface area contributed by atoms with E-state index in [0.29, 0.717) is 5.25 Å². The zero-order valence-electron chi connectivity index (χ0n) is 7.69. The molecule has 1 atom stereocenters. The van der Waals surface area contributed by atoms with E-state index in [4.69, 9.17) is 0 Å². The first-order valence-electron chi connectivity index (χ1n) is 4.79. The van der Waals surface area contributed by atoms with E-state index in [1.165, 1.54) is 18.5 Å². The number of thiol groups is 1. The van der Waals surface area contributed by atoms with Gasteiger partial charge in [-0.25, -0.2) is 0 Å². The van der Waals surface area contributed by atoms with Crippen molar-refractivity contribution in [1.82, 2.24) is 4.90 Å². The average molecular weight is 193 g/mol. The molecule has 0 radical (unpaired) electrons. The van der Waals surface area contributed by atoms with Gasteiger partial charge in [-0.2, -0.15) is 12.6 Å². The largest absolute Gasteiger partial charge is 0.298 e. The van der Waals surface area contributed by atoms with E-state index in [2.05, 4.69) is 47.9 Å². The topological polar surface area (TPSA) is 3.24 Å². The van der Waals surface area contributed by atoms with Crippen molar-refractivity contribution in [2.75, 3.05) is 13.1 Å². The van der Waals surface area contributed by atoms with Crippen molar-refractivity contribution < 1.29 is 0 Å². The molecule has 70 valence electrons. The van der Waals surface area contributed by atoms with Crippen molar-refractivity contribution in [2.45, 2.75) is 18.2 Å². The summed E-state index contributed by atoms with van der Waals surface area (Å²) in [5.74, 6) is 0. The Kier molecular flexibility index (Phi) is 2.91. The lowest BCUT2D eigenvalue weighted by molar-refractivity contribution is 0.332. The number of hydrogen-bond donors (Lipinski definition) is 1. The maximum atomic E-state index is 4.48. The van der Waals surface area contributed by atoms with Crippen LogP contribution in [0.1, 0.15) is 12.0 Å². The third kappa shape index (κ3) is 2.48. The van der Waals surface area contributed by atoms with Gasteiger partial charge < -0.3 is 0 Å². The van der Waals surface area contributed by atoms with E-state index in [1.54, 1.807) is 0 Å². The molecule has 1 heterocycles. The molecule has 1 aliphatic rings. The Morgan fingerprint density at radius 1 is 1.31 bits per heavy atom. The molecule has 1 aromatic rings. The fourth-order valence-electron chi connectivity index (χ4n) is 1.80. The summed E-state index contributed by atoms with van der Waals surface area (Å²) < 4.78 is 0. The van der Waals surface area contributed by atoms with Gasteiger partial charge >= 0.3 is 0 Å². The molecule has 2 heteroatoms. The van der Waals surface area contributed by atoms with Gasteiger partial charge in [-0.05, 0) is 18.5 Å². The first-order chi connectivity index (χ1) is 6.34. The summed E-state index contributed by atoms with van der Waals surface area (Å²) in [4.78, 5) is 2.47. The second kappa shape index (κ2) is 4.16. The highest BCUT2D eigenvalue weighted by atomic mass is 32.1. The molecule has 1 aromatic carbocycles. The van der Waals surface area contributed by atoms with Crippen LogP contribution in [-0.2, 0) is 6.54 Å². The molecule has 1 nitrogen and oxygen atoms in total. The average Bonchev–Trinajstić information content (AvgIpc) is 2.53. The Bertz CT molecular complexity index is 260. The van der Waals surface area contributed by atoms with Gasteiger partial charge in [-0.3, -0.25) is 4.90 Å². The highest BCUT2D eigenvalue weighted by molar-refractivity contribution is 7.81. The number of nitrogens with zero attached hydrogens (tertiary/aromatic N) is 1. The van der Waals surface area contributed by atoms with Crippen molar-refractivity contribution in [2.24, 2.45) is 0 Å². The molecule has 1 unspecified atom stereocenters. The van der Waals surface area contributed by atoms with Gasteiger partial charge in [0.1, 0.15) is 0 Å². The number of benzene rings is 1. The molecule has 13 heavy (non-hydrogen) atoms. The van der Waals surface area contributed by atoms with Crippen molar-refractivity contribution in [3.8, 4) is 0 Å². The summed E-state index contributed by atoms with van der Waals surface area (Å²) >= 11 is 4.48.